The monoisotopic (exact) mass is 333 g/mol. The third kappa shape index (κ3) is 4.56. The summed E-state index contributed by atoms with van der Waals surface area (Å²) in [6, 6.07) is 7.74. The van der Waals surface area contributed by atoms with E-state index < -0.39 is 5.91 Å². The number of rotatable bonds is 7. The first-order chi connectivity index (χ1) is 11.0. The summed E-state index contributed by atoms with van der Waals surface area (Å²) in [5.74, 6) is 0.186. The lowest BCUT2D eigenvalue weighted by molar-refractivity contribution is -0.119. The molecule has 0 bridgehead atoms. The van der Waals surface area contributed by atoms with Gasteiger partial charge in [-0.2, -0.15) is 0 Å². The molecule has 0 unspecified atom stereocenters. The molecule has 2 rings (SSSR count). The highest BCUT2D eigenvalue weighted by atomic mass is 32.2. The van der Waals surface area contributed by atoms with Crippen LogP contribution in [0.15, 0.2) is 29.4 Å². The molecule has 122 valence electrons. The van der Waals surface area contributed by atoms with Crippen LogP contribution in [-0.2, 0) is 16.1 Å². The number of aryl methyl sites for hydroxylation is 1. The van der Waals surface area contributed by atoms with Crippen molar-refractivity contribution in [1.29, 1.82) is 0 Å². The Labute approximate surface area is 138 Å². The lowest BCUT2D eigenvalue weighted by Gasteiger charge is -2.08. The zero-order valence-corrected chi connectivity index (χ0v) is 13.9. The lowest BCUT2D eigenvalue weighted by Crippen LogP contribution is -2.25. The summed E-state index contributed by atoms with van der Waals surface area (Å²) in [5, 5.41) is 11.5. The highest BCUT2D eigenvalue weighted by Crippen LogP contribution is 2.24. The number of nitrogens with zero attached hydrogens (tertiary/aromatic N) is 3. The number of thioether (sulfide) groups is 1. The van der Waals surface area contributed by atoms with Gasteiger partial charge in [-0.1, -0.05) is 35.5 Å². The number of hydrogen-bond acceptors (Lipinski definition) is 5. The second kappa shape index (κ2) is 7.77. The molecule has 2 aromatic rings. The van der Waals surface area contributed by atoms with Crippen molar-refractivity contribution < 1.29 is 9.59 Å². The van der Waals surface area contributed by atoms with Crippen molar-refractivity contribution in [2.75, 3.05) is 12.3 Å². The van der Waals surface area contributed by atoms with Gasteiger partial charge >= 0.3 is 0 Å². The van der Waals surface area contributed by atoms with Gasteiger partial charge in [0.1, 0.15) is 6.54 Å². The van der Waals surface area contributed by atoms with Crippen molar-refractivity contribution in [1.82, 2.24) is 20.1 Å². The van der Waals surface area contributed by atoms with Gasteiger partial charge in [-0.05, 0) is 19.9 Å². The van der Waals surface area contributed by atoms with E-state index in [1.807, 2.05) is 38.1 Å². The van der Waals surface area contributed by atoms with Crippen LogP contribution in [0.5, 0.6) is 0 Å². The van der Waals surface area contributed by atoms with Crippen molar-refractivity contribution in [3.05, 3.63) is 29.8 Å². The molecule has 23 heavy (non-hydrogen) atoms. The standard InChI is InChI=1S/C15H19N5O2S/c1-3-17-13(22)9-23-15-19-18-14(20(15)8-12(16)21)11-6-4-5-10(2)7-11/h4-7H,3,8-9H2,1-2H3,(H2,16,21)(H,17,22). The van der Waals surface area contributed by atoms with Gasteiger partial charge in [0.05, 0.1) is 5.75 Å². The molecule has 2 amide bonds. The van der Waals surface area contributed by atoms with Gasteiger partial charge in [0.2, 0.25) is 11.8 Å². The number of nitrogens with one attached hydrogen (secondary N) is 1. The minimum absolute atomic E-state index is 0.0337. The van der Waals surface area contributed by atoms with Crippen molar-refractivity contribution in [2.24, 2.45) is 5.73 Å². The first-order valence-corrected chi connectivity index (χ1v) is 8.18. The van der Waals surface area contributed by atoms with Crippen molar-refractivity contribution in [3.8, 4) is 11.4 Å². The fourth-order valence-electron chi connectivity index (χ4n) is 2.07. The summed E-state index contributed by atoms with van der Waals surface area (Å²) in [4.78, 5) is 23.0. The Morgan fingerprint density at radius 1 is 1.35 bits per heavy atom. The summed E-state index contributed by atoms with van der Waals surface area (Å²) >= 11 is 1.23. The number of primary amides is 1. The number of carbonyl (C=O) groups is 2. The zero-order valence-electron chi connectivity index (χ0n) is 13.1. The number of carbonyl (C=O) groups excluding carboxylic acids is 2. The third-order valence-corrected chi connectivity index (χ3v) is 3.98. The summed E-state index contributed by atoms with van der Waals surface area (Å²) in [7, 11) is 0. The molecule has 8 heteroatoms. The molecule has 0 saturated heterocycles. The predicted octanol–water partition coefficient (Wildman–Crippen LogP) is 0.967. The summed E-state index contributed by atoms with van der Waals surface area (Å²) in [6.07, 6.45) is 0. The van der Waals surface area contributed by atoms with E-state index in [2.05, 4.69) is 15.5 Å². The maximum Gasteiger partial charge on any atom is 0.237 e. The van der Waals surface area contributed by atoms with E-state index in [1.165, 1.54) is 11.8 Å². The Hall–Kier alpha value is -2.35. The fraction of sp³-hybridized carbons (Fsp3) is 0.333. The molecule has 0 saturated carbocycles. The zero-order chi connectivity index (χ0) is 16.8. The van der Waals surface area contributed by atoms with Gasteiger partial charge in [0.25, 0.3) is 0 Å². The molecule has 1 aromatic heterocycles. The molecule has 0 spiro atoms. The molecule has 7 nitrogen and oxygen atoms in total. The minimum Gasteiger partial charge on any atom is -0.368 e. The molecule has 0 radical (unpaired) electrons. The van der Waals surface area contributed by atoms with Gasteiger partial charge in [0, 0.05) is 12.1 Å². The van der Waals surface area contributed by atoms with E-state index in [1.54, 1.807) is 4.57 Å². The molecule has 3 N–H and O–H groups in total. The van der Waals surface area contributed by atoms with Gasteiger partial charge in [-0.15, -0.1) is 10.2 Å². The van der Waals surface area contributed by atoms with Crippen LogP contribution >= 0.6 is 11.8 Å². The second-order valence-corrected chi connectivity index (χ2v) is 5.91. The Kier molecular flexibility index (Phi) is 5.75. The molecular formula is C15H19N5O2S. The molecular weight excluding hydrogens is 314 g/mol. The molecule has 0 aliphatic heterocycles. The van der Waals surface area contributed by atoms with E-state index in [4.69, 9.17) is 5.73 Å². The highest BCUT2D eigenvalue weighted by Gasteiger charge is 2.17. The lowest BCUT2D eigenvalue weighted by atomic mass is 10.1. The number of benzene rings is 1. The Bertz CT molecular complexity index is 714. The summed E-state index contributed by atoms with van der Waals surface area (Å²) < 4.78 is 1.64. The summed E-state index contributed by atoms with van der Waals surface area (Å²) in [5.41, 5.74) is 7.26. The smallest absolute Gasteiger partial charge is 0.237 e. The van der Waals surface area contributed by atoms with Crippen molar-refractivity contribution in [2.45, 2.75) is 25.5 Å². The normalized spacial score (nSPS) is 10.5. The van der Waals surface area contributed by atoms with Crippen molar-refractivity contribution in [3.63, 3.8) is 0 Å². The van der Waals surface area contributed by atoms with Crippen LogP contribution in [-0.4, -0.2) is 38.9 Å². The van der Waals surface area contributed by atoms with Crippen LogP contribution in [0.2, 0.25) is 0 Å². The van der Waals surface area contributed by atoms with Crippen LogP contribution < -0.4 is 11.1 Å². The van der Waals surface area contributed by atoms with Gasteiger partial charge in [-0.25, -0.2) is 0 Å². The summed E-state index contributed by atoms with van der Waals surface area (Å²) in [6.45, 7) is 4.37. The Morgan fingerprint density at radius 2 is 2.13 bits per heavy atom. The van der Waals surface area contributed by atoms with E-state index in [0.29, 0.717) is 17.5 Å². The van der Waals surface area contributed by atoms with Crippen LogP contribution in [0.4, 0.5) is 0 Å². The molecule has 0 fully saturated rings. The predicted molar refractivity (Wildman–Crippen MR) is 88.8 cm³/mol. The van der Waals surface area contributed by atoms with Gasteiger partial charge in [0.15, 0.2) is 11.0 Å². The molecule has 0 atom stereocenters. The van der Waals surface area contributed by atoms with Gasteiger partial charge in [-0.3, -0.25) is 14.2 Å². The number of aromatic nitrogens is 3. The highest BCUT2D eigenvalue weighted by molar-refractivity contribution is 7.99. The Morgan fingerprint density at radius 3 is 2.78 bits per heavy atom. The quantitative estimate of drug-likeness (QED) is 0.735. The topological polar surface area (TPSA) is 103 Å². The number of nitrogens with two attached hydrogens (primary N) is 1. The number of hydrogen-bond donors (Lipinski definition) is 2. The fourth-order valence-corrected chi connectivity index (χ4v) is 2.84. The largest absolute Gasteiger partial charge is 0.368 e. The number of amides is 2. The Balaban J connectivity index is 2.29. The average molecular weight is 333 g/mol. The van der Waals surface area contributed by atoms with Crippen LogP contribution in [0.3, 0.4) is 0 Å². The molecule has 0 aliphatic rings. The first kappa shape index (κ1) is 17.0. The van der Waals surface area contributed by atoms with E-state index in [9.17, 15) is 9.59 Å². The van der Waals surface area contributed by atoms with Gasteiger partial charge < -0.3 is 11.1 Å². The van der Waals surface area contributed by atoms with E-state index in [0.717, 1.165) is 11.1 Å². The van der Waals surface area contributed by atoms with Crippen molar-refractivity contribution >= 4 is 23.6 Å². The molecule has 1 aromatic carbocycles. The molecule has 0 aliphatic carbocycles. The average Bonchev–Trinajstić information content (AvgIpc) is 2.87. The van der Waals surface area contributed by atoms with Crippen LogP contribution in [0.25, 0.3) is 11.4 Å². The van der Waals surface area contributed by atoms with Crippen LogP contribution in [0, 0.1) is 6.92 Å². The molecule has 1 heterocycles. The third-order valence-electron chi connectivity index (χ3n) is 3.01. The first-order valence-electron chi connectivity index (χ1n) is 7.19. The van der Waals surface area contributed by atoms with E-state index in [-0.39, 0.29) is 18.2 Å². The van der Waals surface area contributed by atoms with E-state index >= 15 is 0 Å². The van der Waals surface area contributed by atoms with Crippen LogP contribution in [0.1, 0.15) is 12.5 Å². The maximum atomic E-state index is 11.6. The maximum absolute atomic E-state index is 11.6. The second-order valence-electron chi connectivity index (χ2n) is 4.97. The minimum atomic E-state index is -0.487. The SMILES string of the molecule is CCNC(=O)CSc1nnc(-c2cccc(C)c2)n1CC(N)=O.